The Morgan fingerprint density at radius 3 is 2.23 bits per heavy atom. The van der Waals surface area contributed by atoms with Crippen molar-refractivity contribution in [3.63, 3.8) is 0 Å². The molecule has 0 unspecified atom stereocenters. The molecular weight excluding hydrogens is 196 g/mol. The van der Waals surface area contributed by atoms with E-state index in [1.54, 1.807) is 0 Å². The molecule has 0 amide bonds. The van der Waals surface area contributed by atoms with Gasteiger partial charge in [0.05, 0.1) is 0 Å². The fourth-order valence-electron chi connectivity index (χ4n) is 0.720. The van der Waals surface area contributed by atoms with Crippen molar-refractivity contribution >= 4 is 16.6 Å². The van der Waals surface area contributed by atoms with Crippen molar-refractivity contribution in [2.75, 3.05) is 0 Å². The van der Waals surface area contributed by atoms with E-state index in [1.165, 1.54) is 12.1 Å². The van der Waals surface area contributed by atoms with Crippen molar-refractivity contribution in [1.82, 2.24) is 0 Å². The highest BCUT2D eigenvalue weighted by atomic mass is 32.2. The summed E-state index contributed by atoms with van der Waals surface area (Å²) in [7, 11) is -4.01. The molecule has 1 aromatic carbocycles. The van der Waals surface area contributed by atoms with Crippen LogP contribution in [-0.2, 0) is 19.1 Å². The van der Waals surface area contributed by atoms with Gasteiger partial charge in [-0.3, -0.25) is 4.79 Å². The van der Waals surface area contributed by atoms with Crippen LogP contribution in [0.4, 0.5) is 0 Å². The van der Waals surface area contributed by atoms with E-state index in [0.717, 1.165) is 12.1 Å². The number of hydrogen-bond donors (Lipinski definition) is 1. The van der Waals surface area contributed by atoms with Crippen molar-refractivity contribution in [2.45, 2.75) is 4.90 Å². The minimum atomic E-state index is -4.01. The van der Waals surface area contributed by atoms with Gasteiger partial charge in [-0.25, -0.2) is 0 Å². The Labute approximate surface area is 74.7 Å². The summed E-state index contributed by atoms with van der Waals surface area (Å²) in [5.74, 6) is -0.0648. The summed E-state index contributed by atoms with van der Waals surface area (Å²) in [5.41, 5.74) is 0. The summed E-state index contributed by atoms with van der Waals surface area (Å²) in [6.07, 6.45) is 0. The van der Waals surface area contributed by atoms with Crippen LogP contribution in [0.25, 0.3) is 0 Å². The number of phenolic OH excluding ortho intramolecular Hbond substituents is 1. The van der Waals surface area contributed by atoms with Crippen LogP contribution in [0, 0.1) is 0 Å². The van der Waals surface area contributed by atoms with Crippen LogP contribution in [0.15, 0.2) is 29.2 Å². The topological polar surface area (TPSA) is 80.7 Å². The third-order valence-corrected chi connectivity index (χ3v) is 2.47. The molecule has 0 fully saturated rings. The molecule has 70 valence electrons. The van der Waals surface area contributed by atoms with E-state index in [1.807, 2.05) is 0 Å². The summed E-state index contributed by atoms with van der Waals surface area (Å²) in [6.45, 7) is -0.164. The van der Waals surface area contributed by atoms with Crippen LogP contribution >= 0.6 is 0 Å². The van der Waals surface area contributed by atoms with Gasteiger partial charge in [0.25, 0.3) is 0 Å². The van der Waals surface area contributed by atoms with Gasteiger partial charge in [0.1, 0.15) is 10.6 Å². The Balaban J connectivity index is 3.08. The molecule has 0 aliphatic carbocycles. The highest BCUT2D eigenvalue weighted by Gasteiger charge is 2.14. The maximum absolute atomic E-state index is 11.0. The molecule has 13 heavy (non-hydrogen) atoms. The molecule has 1 aromatic rings. The molecule has 6 heteroatoms. The Kier molecular flexibility index (Phi) is 2.52. The van der Waals surface area contributed by atoms with Crippen molar-refractivity contribution in [1.29, 1.82) is 0 Å². The van der Waals surface area contributed by atoms with E-state index in [9.17, 15) is 13.2 Å². The first-order chi connectivity index (χ1) is 6.06. The van der Waals surface area contributed by atoms with E-state index in [2.05, 4.69) is 4.18 Å². The van der Waals surface area contributed by atoms with Crippen LogP contribution in [-0.4, -0.2) is 20.0 Å². The standard InChI is InChI=1S/C7H6O5S/c8-5-12-13(10,11)7-3-1-6(9)2-4-7/h1-5,9H. The Bertz CT molecular complexity index is 391. The van der Waals surface area contributed by atoms with Gasteiger partial charge in [0.15, 0.2) is 0 Å². The summed E-state index contributed by atoms with van der Waals surface area (Å²) in [4.78, 5) is 9.63. The molecule has 0 saturated carbocycles. The molecule has 0 atom stereocenters. The zero-order valence-corrected chi connectivity index (χ0v) is 7.19. The molecular formula is C7H6O5S. The van der Waals surface area contributed by atoms with Crippen LogP contribution in [0.1, 0.15) is 0 Å². The Hall–Kier alpha value is -1.56. The highest BCUT2D eigenvalue weighted by molar-refractivity contribution is 7.87. The molecule has 0 aliphatic rings. The maximum Gasteiger partial charge on any atom is 0.341 e. The second-order valence-electron chi connectivity index (χ2n) is 2.14. The largest absolute Gasteiger partial charge is 0.508 e. The van der Waals surface area contributed by atoms with Crippen LogP contribution < -0.4 is 0 Å². The fraction of sp³-hybridized carbons (Fsp3) is 0. The number of benzene rings is 1. The molecule has 1 rings (SSSR count). The van der Waals surface area contributed by atoms with Gasteiger partial charge in [-0.05, 0) is 24.3 Å². The smallest absolute Gasteiger partial charge is 0.341 e. The molecule has 0 radical (unpaired) electrons. The van der Waals surface area contributed by atoms with Gasteiger partial charge in [0.2, 0.25) is 0 Å². The SMILES string of the molecule is O=COS(=O)(=O)c1ccc(O)cc1. The first-order valence-electron chi connectivity index (χ1n) is 3.22. The number of rotatable bonds is 3. The number of carbonyl (C=O) groups is 1. The Morgan fingerprint density at radius 1 is 1.23 bits per heavy atom. The normalized spacial score (nSPS) is 10.8. The lowest BCUT2D eigenvalue weighted by molar-refractivity contribution is -0.120. The molecule has 0 spiro atoms. The second-order valence-corrected chi connectivity index (χ2v) is 3.71. The lowest BCUT2D eigenvalue weighted by Crippen LogP contribution is -2.04. The zero-order valence-electron chi connectivity index (χ0n) is 6.38. The molecule has 0 aromatic heterocycles. The minimum absolute atomic E-state index is 0.0648. The van der Waals surface area contributed by atoms with Gasteiger partial charge in [0, 0.05) is 0 Å². The van der Waals surface area contributed by atoms with Crippen LogP contribution in [0.5, 0.6) is 5.75 Å². The van der Waals surface area contributed by atoms with Crippen molar-refractivity contribution in [2.24, 2.45) is 0 Å². The minimum Gasteiger partial charge on any atom is -0.508 e. The first kappa shape index (κ1) is 9.53. The lowest BCUT2D eigenvalue weighted by Gasteiger charge is -1.99. The number of hydrogen-bond acceptors (Lipinski definition) is 5. The average Bonchev–Trinajstić information content (AvgIpc) is 2.05. The van der Waals surface area contributed by atoms with Crippen molar-refractivity contribution < 1.29 is 22.5 Å². The zero-order chi connectivity index (χ0) is 9.90. The summed E-state index contributed by atoms with van der Waals surface area (Å²) in [6, 6.07) is 4.63. The lowest BCUT2D eigenvalue weighted by atomic mass is 10.3. The molecule has 0 aliphatic heterocycles. The molecule has 5 nitrogen and oxygen atoms in total. The van der Waals surface area contributed by atoms with E-state index in [0.29, 0.717) is 0 Å². The maximum atomic E-state index is 11.0. The van der Waals surface area contributed by atoms with Gasteiger partial charge in [-0.2, -0.15) is 8.42 Å². The summed E-state index contributed by atoms with van der Waals surface area (Å²) in [5, 5.41) is 8.85. The molecule has 0 heterocycles. The van der Waals surface area contributed by atoms with E-state index >= 15 is 0 Å². The van der Waals surface area contributed by atoms with Crippen molar-refractivity contribution in [3.05, 3.63) is 24.3 Å². The predicted molar refractivity (Wildman–Crippen MR) is 42.4 cm³/mol. The van der Waals surface area contributed by atoms with Gasteiger partial charge in [-0.15, -0.1) is 0 Å². The van der Waals surface area contributed by atoms with Crippen molar-refractivity contribution in [3.8, 4) is 5.75 Å². The predicted octanol–water partition coefficient (Wildman–Crippen LogP) is 0.254. The Morgan fingerprint density at radius 2 is 1.77 bits per heavy atom. The second kappa shape index (κ2) is 3.44. The van der Waals surface area contributed by atoms with E-state index in [4.69, 9.17) is 5.11 Å². The quantitative estimate of drug-likeness (QED) is 0.561. The molecule has 1 N–H and O–H groups in total. The van der Waals surface area contributed by atoms with Crippen LogP contribution in [0.2, 0.25) is 0 Å². The number of carbonyl (C=O) groups excluding carboxylic acids is 1. The van der Waals surface area contributed by atoms with Gasteiger partial charge in [-0.1, -0.05) is 0 Å². The fourth-order valence-corrected chi connectivity index (χ4v) is 1.40. The van der Waals surface area contributed by atoms with E-state index < -0.39 is 10.1 Å². The first-order valence-corrected chi connectivity index (χ1v) is 4.63. The third kappa shape index (κ3) is 2.19. The highest BCUT2D eigenvalue weighted by Crippen LogP contribution is 2.15. The summed E-state index contributed by atoms with van der Waals surface area (Å²) < 4.78 is 25.9. The van der Waals surface area contributed by atoms with Crippen LogP contribution in [0.3, 0.4) is 0 Å². The third-order valence-electron chi connectivity index (χ3n) is 1.29. The summed E-state index contributed by atoms with van der Waals surface area (Å²) >= 11 is 0. The van der Waals surface area contributed by atoms with Gasteiger partial charge < -0.3 is 9.29 Å². The van der Waals surface area contributed by atoms with E-state index in [-0.39, 0.29) is 17.1 Å². The average molecular weight is 202 g/mol. The van der Waals surface area contributed by atoms with Gasteiger partial charge >= 0.3 is 16.6 Å². The number of phenols is 1. The molecule has 0 saturated heterocycles. The number of aromatic hydroxyl groups is 1. The molecule has 0 bridgehead atoms. The monoisotopic (exact) mass is 202 g/mol.